The quantitative estimate of drug-likeness (QED) is 0.941. The predicted octanol–water partition coefficient (Wildman–Crippen LogP) is 2.42. The summed E-state index contributed by atoms with van der Waals surface area (Å²) in [5.74, 6) is -0.284. The molecule has 1 unspecified atom stereocenters. The Morgan fingerprint density at radius 1 is 1.48 bits per heavy atom. The van der Waals surface area contributed by atoms with Crippen LogP contribution in [-0.4, -0.2) is 49.3 Å². The van der Waals surface area contributed by atoms with E-state index in [1.54, 1.807) is 6.07 Å². The van der Waals surface area contributed by atoms with Crippen LogP contribution in [0.4, 0.5) is 10.1 Å². The molecule has 1 aromatic heterocycles. The number of para-hydroxylation sites is 1. The lowest BCUT2D eigenvalue weighted by Crippen LogP contribution is -2.43. The molecule has 3 rings (SSSR count). The Balaban J connectivity index is 1.82. The summed E-state index contributed by atoms with van der Waals surface area (Å²) in [7, 11) is 2.09. The Bertz CT molecular complexity index is 647. The zero-order valence-corrected chi connectivity index (χ0v) is 12.4. The van der Waals surface area contributed by atoms with Gasteiger partial charge in [-0.2, -0.15) is 0 Å². The molecule has 0 radical (unpaired) electrons. The first-order chi connectivity index (χ1) is 10.1. The second kappa shape index (κ2) is 5.95. The van der Waals surface area contributed by atoms with Crippen LogP contribution in [0.25, 0.3) is 10.9 Å². The molecule has 2 aromatic rings. The zero-order valence-electron chi connectivity index (χ0n) is 12.4. The topological polar surface area (TPSA) is 37.4 Å². The number of hydrogen-bond acceptors (Lipinski definition) is 4. The molecule has 1 N–H and O–H groups in total. The number of nitrogens with zero attached hydrogens (tertiary/aromatic N) is 2. The molecule has 1 aromatic carbocycles. The van der Waals surface area contributed by atoms with Crippen LogP contribution in [-0.2, 0) is 4.74 Å². The normalized spacial score (nSPS) is 19.9. The van der Waals surface area contributed by atoms with Crippen LogP contribution >= 0.6 is 0 Å². The zero-order chi connectivity index (χ0) is 14.8. The van der Waals surface area contributed by atoms with Crippen molar-refractivity contribution < 1.29 is 9.13 Å². The third-order valence-corrected chi connectivity index (χ3v) is 3.78. The Hall–Kier alpha value is -1.72. The van der Waals surface area contributed by atoms with Crippen LogP contribution in [0.15, 0.2) is 24.3 Å². The average molecular weight is 289 g/mol. The highest BCUT2D eigenvalue weighted by Crippen LogP contribution is 2.25. The highest BCUT2D eigenvalue weighted by molar-refractivity contribution is 5.91. The van der Waals surface area contributed by atoms with E-state index in [9.17, 15) is 4.39 Å². The number of aromatic nitrogens is 1. The van der Waals surface area contributed by atoms with Gasteiger partial charge in [0.25, 0.3) is 0 Å². The van der Waals surface area contributed by atoms with Crippen LogP contribution in [0.1, 0.15) is 5.69 Å². The number of nitrogens with one attached hydrogen (secondary N) is 1. The van der Waals surface area contributed by atoms with Gasteiger partial charge in [0.1, 0.15) is 11.3 Å². The lowest BCUT2D eigenvalue weighted by Gasteiger charge is -2.30. The van der Waals surface area contributed by atoms with Crippen molar-refractivity contribution in [3.05, 3.63) is 35.8 Å². The fourth-order valence-corrected chi connectivity index (χ4v) is 2.70. The minimum Gasteiger partial charge on any atom is -0.382 e. The van der Waals surface area contributed by atoms with Gasteiger partial charge in [0.05, 0.1) is 12.7 Å². The van der Waals surface area contributed by atoms with Gasteiger partial charge in [-0.15, -0.1) is 0 Å². The number of rotatable bonds is 3. The number of hydrogen-bond donors (Lipinski definition) is 1. The Labute approximate surface area is 123 Å². The maximum Gasteiger partial charge on any atom is 0.149 e. The molecular weight excluding hydrogens is 269 g/mol. The minimum atomic E-state index is -0.284. The van der Waals surface area contributed by atoms with E-state index in [1.165, 1.54) is 6.07 Å². The molecule has 112 valence electrons. The fourth-order valence-electron chi connectivity index (χ4n) is 2.70. The van der Waals surface area contributed by atoms with Crippen LogP contribution in [0.3, 0.4) is 0 Å². The lowest BCUT2D eigenvalue weighted by atomic mass is 10.1. The highest BCUT2D eigenvalue weighted by Gasteiger charge is 2.18. The van der Waals surface area contributed by atoms with Crippen LogP contribution in [0, 0.1) is 12.7 Å². The first-order valence-electron chi connectivity index (χ1n) is 7.23. The van der Waals surface area contributed by atoms with Gasteiger partial charge in [-0.3, -0.25) is 0 Å². The summed E-state index contributed by atoms with van der Waals surface area (Å²) in [4.78, 5) is 6.54. The molecule has 4 nitrogen and oxygen atoms in total. The van der Waals surface area contributed by atoms with Gasteiger partial charge in [-0.05, 0) is 26.1 Å². The first-order valence-corrected chi connectivity index (χ1v) is 7.23. The van der Waals surface area contributed by atoms with E-state index in [0.29, 0.717) is 12.1 Å². The van der Waals surface area contributed by atoms with Crippen LogP contribution < -0.4 is 5.32 Å². The third kappa shape index (κ3) is 3.14. The molecule has 0 spiro atoms. The Morgan fingerprint density at radius 2 is 2.33 bits per heavy atom. The van der Waals surface area contributed by atoms with Gasteiger partial charge < -0.3 is 15.0 Å². The Morgan fingerprint density at radius 3 is 3.14 bits per heavy atom. The molecule has 1 aliphatic heterocycles. The first kappa shape index (κ1) is 14.2. The van der Waals surface area contributed by atoms with Crippen molar-refractivity contribution in [3.8, 4) is 0 Å². The van der Waals surface area contributed by atoms with Gasteiger partial charge >= 0.3 is 0 Å². The van der Waals surface area contributed by atoms with Crippen molar-refractivity contribution in [2.24, 2.45) is 0 Å². The molecule has 0 aliphatic carbocycles. The maximum atomic E-state index is 13.9. The SMILES string of the molecule is Cc1cc(NCC2CN(C)CCO2)c2cccc(F)c2n1. The number of benzene rings is 1. The number of morpholine rings is 1. The Kier molecular flexibility index (Phi) is 4.03. The van der Waals surface area contributed by atoms with E-state index in [1.807, 2.05) is 19.1 Å². The van der Waals surface area contributed by atoms with Crippen LogP contribution in [0.5, 0.6) is 0 Å². The summed E-state index contributed by atoms with van der Waals surface area (Å²) in [5.41, 5.74) is 2.13. The molecule has 5 heteroatoms. The molecule has 1 aliphatic rings. The van der Waals surface area contributed by atoms with Crippen molar-refractivity contribution in [3.63, 3.8) is 0 Å². The standard InChI is InChI=1S/C16H20FN3O/c1-11-8-15(13-4-3-5-14(17)16(13)19-11)18-9-12-10-20(2)6-7-21-12/h3-5,8,12H,6-7,9-10H2,1-2H3,(H,18,19). The molecule has 0 amide bonds. The summed E-state index contributed by atoms with van der Waals surface area (Å²) < 4.78 is 19.6. The van der Waals surface area contributed by atoms with E-state index in [-0.39, 0.29) is 11.9 Å². The van der Waals surface area contributed by atoms with Gasteiger partial charge in [-0.25, -0.2) is 9.37 Å². The largest absolute Gasteiger partial charge is 0.382 e. The molecule has 2 heterocycles. The number of pyridine rings is 1. The summed E-state index contributed by atoms with van der Waals surface area (Å²) >= 11 is 0. The van der Waals surface area contributed by atoms with Crippen molar-refractivity contribution in [2.75, 3.05) is 38.6 Å². The average Bonchev–Trinajstić information content (AvgIpc) is 2.46. The van der Waals surface area contributed by atoms with Crippen molar-refractivity contribution in [1.29, 1.82) is 0 Å². The summed E-state index contributed by atoms with van der Waals surface area (Å²) in [6, 6.07) is 7.00. The smallest absolute Gasteiger partial charge is 0.149 e. The number of ether oxygens (including phenoxy) is 1. The number of fused-ring (bicyclic) bond motifs is 1. The summed E-state index contributed by atoms with van der Waals surface area (Å²) in [6.45, 7) is 5.22. The monoisotopic (exact) mass is 289 g/mol. The van der Waals surface area contributed by atoms with Crippen molar-refractivity contribution in [1.82, 2.24) is 9.88 Å². The number of halogens is 1. The predicted molar refractivity (Wildman–Crippen MR) is 82.2 cm³/mol. The number of likely N-dealkylation sites (N-methyl/N-ethyl adjacent to an activating group) is 1. The molecular formula is C16H20FN3O. The van der Waals surface area contributed by atoms with Gasteiger partial charge in [0, 0.05) is 36.4 Å². The maximum absolute atomic E-state index is 13.9. The molecule has 1 atom stereocenters. The highest BCUT2D eigenvalue weighted by atomic mass is 19.1. The number of anilines is 1. The second-order valence-corrected chi connectivity index (χ2v) is 5.58. The van der Waals surface area contributed by atoms with Gasteiger partial charge in [0.2, 0.25) is 0 Å². The molecule has 21 heavy (non-hydrogen) atoms. The molecule has 0 bridgehead atoms. The van der Waals surface area contributed by atoms with Crippen molar-refractivity contribution in [2.45, 2.75) is 13.0 Å². The summed E-state index contributed by atoms with van der Waals surface area (Å²) in [6.07, 6.45) is 0.154. The molecule has 0 saturated carbocycles. The number of aryl methyl sites for hydroxylation is 1. The van der Waals surface area contributed by atoms with E-state index >= 15 is 0 Å². The second-order valence-electron chi connectivity index (χ2n) is 5.58. The van der Waals surface area contributed by atoms with Gasteiger partial charge in [0.15, 0.2) is 0 Å². The van der Waals surface area contributed by atoms with Crippen LogP contribution in [0.2, 0.25) is 0 Å². The van der Waals surface area contributed by atoms with E-state index in [2.05, 4.69) is 22.2 Å². The van der Waals surface area contributed by atoms with E-state index in [4.69, 9.17) is 4.74 Å². The summed E-state index contributed by atoms with van der Waals surface area (Å²) in [5, 5.41) is 4.20. The van der Waals surface area contributed by atoms with Gasteiger partial charge in [-0.1, -0.05) is 12.1 Å². The van der Waals surface area contributed by atoms with Crippen molar-refractivity contribution >= 4 is 16.6 Å². The molecule has 1 saturated heterocycles. The minimum absolute atomic E-state index is 0.154. The molecule has 1 fully saturated rings. The van der Waals surface area contributed by atoms with E-state index < -0.39 is 0 Å². The van der Waals surface area contributed by atoms with E-state index in [0.717, 1.165) is 36.5 Å². The fraction of sp³-hybridized carbons (Fsp3) is 0.438. The third-order valence-electron chi connectivity index (χ3n) is 3.78. The lowest BCUT2D eigenvalue weighted by molar-refractivity contribution is -0.0117.